The summed E-state index contributed by atoms with van der Waals surface area (Å²) in [4.78, 5) is 10.9. The maximum atomic E-state index is 10.9. The lowest BCUT2D eigenvalue weighted by Gasteiger charge is -2.13. The van der Waals surface area contributed by atoms with E-state index in [0.717, 1.165) is 6.42 Å². The molecule has 68 valence electrons. The van der Waals surface area contributed by atoms with Crippen molar-refractivity contribution < 1.29 is 9.53 Å². The van der Waals surface area contributed by atoms with Crippen molar-refractivity contribution in [2.75, 3.05) is 0 Å². The molecule has 0 aromatic rings. The van der Waals surface area contributed by atoms with Gasteiger partial charge in [0.1, 0.15) is 6.07 Å². The van der Waals surface area contributed by atoms with Gasteiger partial charge in [0, 0.05) is 12.3 Å². The van der Waals surface area contributed by atoms with Gasteiger partial charge in [-0.3, -0.25) is 4.79 Å². The number of rotatable bonds is 4. The first-order chi connectivity index (χ1) is 5.61. The number of hydrogen-bond acceptors (Lipinski definition) is 3. The molecule has 0 radical (unpaired) electrons. The van der Waals surface area contributed by atoms with Crippen molar-refractivity contribution in [2.45, 2.75) is 39.7 Å². The SMILES string of the molecule is CCCC(=O)OC(C#N)C(C)C. The summed E-state index contributed by atoms with van der Waals surface area (Å²) in [5.74, 6) is -0.214. The molecular formula is C9H15NO2. The summed E-state index contributed by atoms with van der Waals surface area (Å²) in [7, 11) is 0. The quantitative estimate of drug-likeness (QED) is 0.604. The van der Waals surface area contributed by atoms with E-state index in [1.54, 1.807) is 0 Å². The third kappa shape index (κ3) is 3.97. The predicted molar refractivity (Wildman–Crippen MR) is 45.2 cm³/mol. The Labute approximate surface area is 73.3 Å². The van der Waals surface area contributed by atoms with Crippen molar-refractivity contribution in [3.8, 4) is 6.07 Å². The topological polar surface area (TPSA) is 50.1 Å². The van der Waals surface area contributed by atoms with Crippen LogP contribution in [0.2, 0.25) is 0 Å². The highest BCUT2D eigenvalue weighted by molar-refractivity contribution is 5.69. The number of esters is 1. The lowest BCUT2D eigenvalue weighted by molar-refractivity contribution is -0.148. The van der Waals surface area contributed by atoms with Gasteiger partial charge in [-0.1, -0.05) is 20.8 Å². The highest BCUT2D eigenvalue weighted by Gasteiger charge is 2.16. The molecule has 0 amide bonds. The lowest BCUT2D eigenvalue weighted by Crippen LogP contribution is -2.21. The fourth-order valence-electron chi connectivity index (χ4n) is 0.716. The Bertz CT molecular complexity index is 181. The molecule has 3 nitrogen and oxygen atoms in total. The van der Waals surface area contributed by atoms with Gasteiger partial charge in [0.25, 0.3) is 0 Å². The van der Waals surface area contributed by atoms with Crippen LogP contribution in [0.5, 0.6) is 0 Å². The number of carbonyl (C=O) groups excluding carboxylic acids is 1. The van der Waals surface area contributed by atoms with Crippen molar-refractivity contribution in [2.24, 2.45) is 5.92 Å². The molecule has 0 heterocycles. The van der Waals surface area contributed by atoms with E-state index in [1.165, 1.54) is 0 Å². The van der Waals surface area contributed by atoms with E-state index >= 15 is 0 Å². The molecule has 0 aliphatic rings. The zero-order chi connectivity index (χ0) is 9.56. The molecule has 3 heteroatoms. The van der Waals surface area contributed by atoms with Gasteiger partial charge in [-0.05, 0) is 6.42 Å². The molecule has 0 bridgehead atoms. The molecule has 0 spiro atoms. The van der Waals surface area contributed by atoms with E-state index in [2.05, 4.69) is 0 Å². The van der Waals surface area contributed by atoms with Gasteiger partial charge in [-0.2, -0.15) is 5.26 Å². The zero-order valence-electron chi connectivity index (χ0n) is 7.83. The molecular weight excluding hydrogens is 154 g/mol. The largest absolute Gasteiger partial charge is 0.447 e. The third-order valence-electron chi connectivity index (χ3n) is 1.45. The van der Waals surface area contributed by atoms with Crippen molar-refractivity contribution in [3.63, 3.8) is 0 Å². The average Bonchev–Trinajstić information content (AvgIpc) is 2.00. The molecule has 12 heavy (non-hydrogen) atoms. The molecule has 0 aromatic heterocycles. The van der Waals surface area contributed by atoms with Crippen LogP contribution in [0.15, 0.2) is 0 Å². The Balaban J connectivity index is 3.88. The summed E-state index contributed by atoms with van der Waals surface area (Å²) < 4.78 is 4.90. The predicted octanol–water partition coefficient (Wildman–Crippen LogP) is 1.88. The van der Waals surface area contributed by atoms with E-state index in [-0.39, 0.29) is 11.9 Å². The van der Waals surface area contributed by atoms with Gasteiger partial charge >= 0.3 is 5.97 Å². The maximum absolute atomic E-state index is 10.9. The number of carbonyl (C=O) groups is 1. The fraction of sp³-hybridized carbons (Fsp3) is 0.778. The van der Waals surface area contributed by atoms with Crippen LogP contribution in [0.3, 0.4) is 0 Å². The Hall–Kier alpha value is -1.04. The summed E-state index contributed by atoms with van der Waals surface area (Å²) in [5, 5.41) is 8.59. The highest BCUT2D eigenvalue weighted by atomic mass is 16.5. The molecule has 0 fully saturated rings. The number of nitrogens with zero attached hydrogens (tertiary/aromatic N) is 1. The van der Waals surface area contributed by atoms with E-state index < -0.39 is 6.10 Å². The van der Waals surface area contributed by atoms with Crippen LogP contribution in [0.25, 0.3) is 0 Å². The Kier molecular flexibility index (Phi) is 5.11. The van der Waals surface area contributed by atoms with Crippen LogP contribution in [0.4, 0.5) is 0 Å². The van der Waals surface area contributed by atoms with Gasteiger partial charge in [-0.15, -0.1) is 0 Å². The van der Waals surface area contributed by atoms with E-state index in [9.17, 15) is 4.79 Å². The lowest BCUT2D eigenvalue weighted by atomic mass is 10.1. The monoisotopic (exact) mass is 169 g/mol. The Morgan fingerprint density at radius 1 is 1.58 bits per heavy atom. The molecule has 0 aliphatic heterocycles. The van der Waals surface area contributed by atoms with Crippen LogP contribution in [-0.2, 0) is 9.53 Å². The zero-order valence-corrected chi connectivity index (χ0v) is 7.83. The van der Waals surface area contributed by atoms with Crippen LogP contribution in [-0.4, -0.2) is 12.1 Å². The first-order valence-electron chi connectivity index (χ1n) is 4.20. The standard InChI is InChI=1S/C9H15NO2/c1-4-5-9(11)12-8(6-10)7(2)3/h7-8H,4-5H2,1-3H3. The van der Waals surface area contributed by atoms with Crippen molar-refractivity contribution in [3.05, 3.63) is 0 Å². The van der Waals surface area contributed by atoms with E-state index in [4.69, 9.17) is 10.00 Å². The molecule has 1 unspecified atom stereocenters. The molecule has 0 N–H and O–H groups in total. The maximum Gasteiger partial charge on any atom is 0.307 e. The molecule has 0 saturated carbocycles. The van der Waals surface area contributed by atoms with Crippen molar-refractivity contribution in [1.29, 1.82) is 5.26 Å². The summed E-state index contributed by atoms with van der Waals surface area (Å²) in [6.07, 6.45) is 0.559. The first kappa shape index (κ1) is 11.0. The average molecular weight is 169 g/mol. The second kappa shape index (κ2) is 5.59. The molecule has 0 saturated heterocycles. The summed E-state index contributed by atoms with van der Waals surface area (Å²) >= 11 is 0. The van der Waals surface area contributed by atoms with Gasteiger partial charge in [0.15, 0.2) is 6.10 Å². The second-order valence-electron chi connectivity index (χ2n) is 3.03. The first-order valence-corrected chi connectivity index (χ1v) is 4.20. The summed E-state index contributed by atoms with van der Waals surface area (Å²) in [6.45, 7) is 5.61. The third-order valence-corrected chi connectivity index (χ3v) is 1.45. The molecule has 0 aliphatic carbocycles. The highest BCUT2D eigenvalue weighted by Crippen LogP contribution is 2.06. The summed E-state index contributed by atoms with van der Waals surface area (Å²) in [5.41, 5.74) is 0. The van der Waals surface area contributed by atoms with E-state index in [1.807, 2.05) is 26.8 Å². The van der Waals surface area contributed by atoms with Gasteiger partial charge in [0.2, 0.25) is 0 Å². The Morgan fingerprint density at radius 2 is 2.17 bits per heavy atom. The molecule has 1 atom stereocenters. The van der Waals surface area contributed by atoms with Gasteiger partial charge in [0.05, 0.1) is 0 Å². The number of ether oxygens (including phenoxy) is 1. The minimum atomic E-state index is -0.593. The second-order valence-corrected chi connectivity index (χ2v) is 3.03. The minimum Gasteiger partial charge on any atom is -0.447 e. The van der Waals surface area contributed by atoms with Crippen LogP contribution in [0, 0.1) is 17.2 Å². The van der Waals surface area contributed by atoms with Crippen LogP contribution >= 0.6 is 0 Å². The van der Waals surface area contributed by atoms with Gasteiger partial charge in [-0.25, -0.2) is 0 Å². The minimum absolute atomic E-state index is 0.0656. The van der Waals surface area contributed by atoms with Crippen molar-refractivity contribution in [1.82, 2.24) is 0 Å². The fourth-order valence-corrected chi connectivity index (χ4v) is 0.716. The number of nitriles is 1. The van der Waals surface area contributed by atoms with Crippen LogP contribution in [0.1, 0.15) is 33.6 Å². The number of hydrogen-bond donors (Lipinski definition) is 0. The normalized spacial score (nSPS) is 12.2. The molecule has 0 aromatic carbocycles. The van der Waals surface area contributed by atoms with Crippen LogP contribution < -0.4 is 0 Å². The summed E-state index contributed by atoms with van der Waals surface area (Å²) in [6, 6.07) is 1.95. The van der Waals surface area contributed by atoms with Crippen molar-refractivity contribution >= 4 is 5.97 Å². The van der Waals surface area contributed by atoms with Gasteiger partial charge < -0.3 is 4.74 Å². The smallest absolute Gasteiger partial charge is 0.307 e. The molecule has 0 rings (SSSR count). The van der Waals surface area contributed by atoms with E-state index in [0.29, 0.717) is 6.42 Å². The Morgan fingerprint density at radius 3 is 2.50 bits per heavy atom.